The maximum absolute atomic E-state index is 12.8. The molecule has 19 heavy (non-hydrogen) atoms. The third-order valence-corrected chi connectivity index (χ3v) is 4.46. The number of nitrogens with zero attached hydrogens (tertiary/aromatic N) is 1. The zero-order valence-corrected chi connectivity index (χ0v) is 12.3. The van der Waals surface area contributed by atoms with E-state index >= 15 is 0 Å². The molecular formula is C14H27F3N2. The van der Waals surface area contributed by atoms with Gasteiger partial charge in [0, 0.05) is 18.1 Å². The van der Waals surface area contributed by atoms with Crippen LogP contribution in [0.25, 0.3) is 0 Å². The molecule has 0 radical (unpaired) electrons. The van der Waals surface area contributed by atoms with Crippen molar-refractivity contribution in [2.45, 2.75) is 70.6 Å². The molecular weight excluding hydrogens is 253 g/mol. The molecule has 0 atom stereocenters. The monoisotopic (exact) mass is 280 g/mol. The van der Waals surface area contributed by atoms with Gasteiger partial charge in [0.15, 0.2) is 0 Å². The van der Waals surface area contributed by atoms with Crippen molar-refractivity contribution in [3.8, 4) is 0 Å². The number of halogens is 3. The Labute approximate surface area is 114 Å². The van der Waals surface area contributed by atoms with Crippen molar-refractivity contribution in [2.75, 3.05) is 13.1 Å². The summed E-state index contributed by atoms with van der Waals surface area (Å²) in [5.41, 5.74) is 5.71. The Morgan fingerprint density at radius 1 is 1.26 bits per heavy atom. The minimum Gasteiger partial charge on any atom is -0.329 e. The quantitative estimate of drug-likeness (QED) is 0.834. The Hall–Kier alpha value is -0.290. The van der Waals surface area contributed by atoms with Crippen LogP contribution in [0.2, 0.25) is 0 Å². The summed E-state index contributed by atoms with van der Waals surface area (Å²) in [4.78, 5) is 2.32. The first kappa shape index (κ1) is 16.8. The Balaban J connectivity index is 2.78. The molecule has 1 rings (SSSR count). The lowest BCUT2D eigenvalue weighted by molar-refractivity contribution is -0.189. The molecule has 0 heterocycles. The molecule has 2 nitrogen and oxygen atoms in total. The number of rotatable bonds is 5. The van der Waals surface area contributed by atoms with E-state index in [4.69, 9.17) is 5.73 Å². The topological polar surface area (TPSA) is 29.3 Å². The second kappa shape index (κ2) is 6.44. The van der Waals surface area contributed by atoms with Gasteiger partial charge in [-0.1, -0.05) is 6.92 Å². The summed E-state index contributed by atoms with van der Waals surface area (Å²) in [6.45, 7) is 7.66. The van der Waals surface area contributed by atoms with Crippen molar-refractivity contribution in [1.29, 1.82) is 0 Å². The lowest BCUT2D eigenvalue weighted by atomic mass is 9.74. The summed E-state index contributed by atoms with van der Waals surface area (Å²) >= 11 is 0. The van der Waals surface area contributed by atoms with E-state index in [9.17, 15) is 13.2 Å². The minimum absolute atomic E-state index is 0.216. The molecule has 0 aromatic carbocycles. The summed E-state index contributed by atoms with van der Waals surface area (Å²) in [6, 6.07) is 0.325. The molecule has 0 bridgehead atoms. The normalized spacial score (nSPS) is 29.2. The summed E-state index contributed by atoms with van der Waals surface area (Å²) in [5.74, 6) is -1.14. The van der Waals surface area contributed by atoms with E-state index in [1.165, 1.54) is 0 Å². The van der Waals surface area contributed by atoms with Gasteiger partial charge >= 0.3 is 6.18 Å². The Bertz CT molecular complexity index is 268. The maximum atomic E-state index is 12.8. The molecule has 0 aliphatic heterocycles. The van der Waals surface area contributed by atoms with Crippen molar-refractivity contribution in [3.63, 3.8) is 0 Å². The highest BCUT2D eigenvalue weighted by atomic mass is 19.4. The highest BCUT2D eigenvalue weighted by molar-refractivity contribution is 4.98. The Morgan fingerprint density at radius 2 is 1.79 bits per heavy atom. The highest BCUT2D eigenvalue weighted by Crippen LogP contribution is 2.43. The molecule has 1 fully saturated rings. The van der Waals surface area contributed by atoms with Gasteiger partial charge in [0.1, 0.15) is 0 Å². The summed E-state index contributed by atoms with van der Waals surface area (Å²) < 4.78 is 38.3. The minimum atomic E-state index is -4.05. The smallest absolute Gasteiger partial charge is 0.329 e. The number of alkyl halides is 3. The lowest BCUT2D eigenvalue weighted by Crippen LogP contribution is -2.59. The largest absolute Gasteiger partial charge is 0.391 e. The van der Waals surface area contributed by atoms with Gasteiger partial charge in [0.2, 0.25) is 0 Å². The molecule has 1 aliphatic carbocycles. The van der Waals surface area contributed by atoms with Crippen LogP contribution in [0, 0.1) is 5.92 Å². The van der Waals surface area contributed by atoms with Crippen molar-refractivity contribution < 1.29 is 13.2 Å². The van der Waals surface area contributed by atoms with Crippen LogP contribution in [-0.4, -0.2) is 35.7 Å². The van der Waals surface area contributed by atoms with E-state index in [0.29, 0.717) is 25.4 Å². The van der Waals surface area contributed by atoms with Gasteiger partial charge in [-0.3, -0.25) is 4.90 Å². The van der Waals surface area contributed by atoms with Gasteiger partial charge in [0.25, 0.3) is 0 Å². The maximum Gasteiger partial charge on any atom is 0.391 e. The molecule has 2 N–H and O–H groups in total. The lowest BCUT2D eigenvalue weighted by Gasteiger charge is -2.49. The van der Waals surface area contributed by atoms with E-state index in [1.807, 2.05) is 0 Å². The second-order valence-electron chi connectivity index (χ2n) is 6.03. The first-order valence-electron chi connectivity index (χ1n) is 7.30. The molecule has 0 aromatic rings. The molecule has 5 heteroatoms. The fraction of sp³-hybridized carbons (Fsp3) is 1.00. The number of nitrogens with two attached hydrogens (primary N) is 1. The van der Waals surface area contributed by atoms with Crippen LogP contribution in [0.5, 0.6) is 0 Å². The molecule has 114 valence electrons. The van der Waals surface area contributed by atoms with E-state index in [2.05, 4.69) is 25.7 Å². The predicted molar refractivity (Wildman–Crippen MR) is 71.9 cm³/mol. The first-order valence-corrected chi connectivity index (χ1v) is 7.30. The van der Waals surface area contributed by atoms with Crippen molar-refractivity contribution in [1.82, 2.24) is 4.90 Å². The molecule has 1 saturated carbocycles. The fourth-order valence-electron chi connectivity index (χ4n) is 3.38. The zero-order chi connectivity index (χ0) is 14.7. The second-order valence-corrected chi connectivity index (χ2v) is 6.03. The third kappa shape index (κ3) is 3.85. The average Bonchev–Trinajstić information content (AvgIpc) is 2.34. The van der Waals surface area contributed by atoms with Crippen molar-refractivity contribution in [3.05, 3.63) is 0 Å². The van der Waals surface area contributed by atoms with Gasteiger partial charge in [0.05, 0.1) is 5.92 Å². The van der Waals surface area contributed by atoms with Crippen molar-refractivity contribution in [2.24, 2.45) is 11.7 Å². The van der Waals surface area contributed by atoms with Crippen LogP contribution < -0.4 is 5.73 Å². The molecule has 1 aliphatic rings. The van der Waals surface area contributed by atoms with Crippen LogP contribution >= 0.6 is 0 Å². The van der Waals surface area contributed by atoms with Gasteiger partial charge in [-0.15, -0.1) is 0 Å². The molecule has 0 unspecified atom stereocenters. The zero-order valence-electron chi connectivity index (χ0n) is 12.3. The van der Waals surface area contributed by atoms with Crippen LogP contribution in [0.15, 0.2) is 0 Å². The highest BCUT2D eigenvalue weighted by Gasteiger charge is 2.47. The number of hydrogen-bond donors (Lipinski definition) is 1. The van der Waals surface area contributed by atoms with E-state index in [1.54, 1.807) is 0 Å². The summed E-state index contributed by atoms with van der Waals surface area (Å²) in [6.07, 6.45) is -1.49. The predicted octanol–water partition coefficient (Wildman–Crippen LogP) is 3.56. The van der Waals surface area contributed by atoms with E-state index in [0.717, 1.165) is 13.0 Å². The standard InChI is InChI=1S/C14H27F3N2/c1-4-9-19(11(2)3)13(10-18)7-5-12(6-8-13)14(15,16)17/h11-12H,4-10,18H2,1-3H3. The SMILES string of the molecule is CCCN(C(C)C)C1(CN)CCC(C(F)(F)F)CC1. The summed E-state index contributed by atoms with van der Waals surface area (Å²) in [7, 11) is 0. The third-order valence-electron chi connectivity index (χ3n) is 4.46. The van der Waals surface area contributed by atoms with Gasteiger partial charge in [-0.05, 0) is 52.5 Å². The van der Waals surface area contributed by atoms with Gasteiger partial charge < -0.3 is 5.73 Å². The van der Waals surface area contributed by atoms with E-state index in [-0.39, 0.29) is 18.4 Å². The molecule has 0 spiro atoms. The van der Waals surface area contributed by atoms with E-state index < -0.39 is 12.1 Å². The van der Waals surface area contributed by atoms with Gasteiger partial charge in [-0.25, -0.2) is 0 Å². The Kier molecular flexibility index (Phi) is 5.68. The summed E-state index contributed by atoms with van der Waals surface area (Å²) in [5, 5.41) is 0. The van der Waals surface area contributed by atoms with Crippen LogP contribution in [0.3, 0.4) is 0 Å². The molecule has 0 amide bonds. The van der Waals surface area contributed by atoms with Crippen LogP contribution in [0.1, 0.15) is 52.9 Å². The van der Waals surface area contributed by atoms with Crippen LogP contribution in [0.4, 0.5) is 13.2 Å². The molecule has 0 aromatic heterocycles. The number of hydrogen-bond acceptors (Lipinski definition) is 2. The first-order chi connectivity index (χ1) is 8.77. The average molecular weight is 280 g/mol. The van der Waals surface area contributed by atoms with Crippen LogP contribution in [-0.2, 0) is 0 Å². The van der Waals surface area contributed by atoms with Crippen molar-refractivity contribution >= 4 is 0 Å². The molecule has 0 saturated heterocycles. The van der Waals surface area contributed by atoms with Gasteiger partial charge in [-0.2, -0.15) is 13.2 Å². The Morgan fingerprint density at radius 3 is 2.11 bits per heavy atom. The fourth-order valence-corrected chi connectivity index (χ4v) is 3.38.